The second-order valence-electron chi connectivity index (χ2n) is 7.42. The van der Waals surface area contributed by atoms with Gasteiger partial charge >= 0.3 is 0 Å². The molecule has 0 aliphatic heterocycles. The van der Waals surface area contributed by atoms with Gasteiger partial charge in [-0.05, 0) is 55.8 Å². The highest BCUT2D eigenvalue weighted by Gasteiger charge is 2.44. The maximum atomic E-state index is 13.8. The number of rotatable bonds is 7. The lowest BCUT2D eigenvalue weighted by Gasteiger charge is -2.37. The van der Waals surface area contributed by atoms with Crippen LogP contribution in [-0.4, -0.2) is 30.9 Å². The molecule has 0 fully saturated rings. The standard InChI is InChI=1S/C25H25FN2O4/c1-16-19(9-7-11-21(16)31-3)24(30)28(27)25(2,17-12-14-18(26)15-13-17)23(29)20-8-5-6-10-22(20)32-4/h5-15H,27H2,1-4H3. The van der Waals surface area contributed by atoms with Crippen molar-refractivity contribution in [2.24, 2.45) is 5.84 Å². The molecule has 0 saturated heterocycles. The molecule has 0 spiro atoms. The van der Waals surface area contributed by atoms with Crippen molar-refractivity contribution in [2.45, 2.75) is 19.4 Å². The average molecular weight is 436 g/mol. The van der Waals surface area contributed by atoms with Gasteiger partial charge in [0.05, 0.1) is 19.8 Å². The number of ketones is 1. The van der Waals surface area contributed by atoms with Crippen molar-refractivity contribution in [1.82, 2.24) is 5.01 Å². The minimum atomic E-state index is -1.66. The van der Waals surface area contributed by atoms with Crippen molar-refractivity contribution in [1.29, 1.82) is 0 Å². The molecule has 1 atom stereocenters. The van der Waals surface area contributed by atoms with E-state index in [2.05, 4.69) is 0 Å². The Morgan fingerprint density at radius 1 is 0.875 bits per heavy atom. The van der Waals surface area contributed by atoms with Crippen LogP contribution in [0.2, 0.25) is 0 Å². The molecule has 0 aromatic heterocycles. The second kappa shape index (κ2) is 9.20. The van der Waals surface area contributed by atoms with E-state index in [1.165, 1.54) is 45.4 Å². The third kappa shape index (κ3) is 3.94. The largest absolute Gasteiger partial charge is 0.496 e. The molecule has 3 aromatic rings. The zero-order chi connectivity index (χ0) is 23.5. The number of carbonyl (C=O) groups is 2. The van der Waals surface area contributed by atoms with Crippen LogP contribution in [0.1, 0.15) is 38.8 Å². The molecular weight excluding hydrogens is 411 g/mol. The number of nitrogens with two attached hydrogens (primary N) is 1. The quantitative estimate of drug-likeness (QED) is 0.259. The first-order valence-corrected chi connectivity index (χ1v) is 9.92. The summed E-state index contributed by atoms with van der Waals surface area (Å²) < 4.78 is 24.3. The molecule has 3 aromatic carbocycles. The Kier molecular flexibility index (Phi) is 6.60. The summed E-state index contributed by atoms with van der Waals surface area (Å²) in [6.45, 7) is 3.26. The van der Waals surface area contributed by atoms with Crippen molar-refractivity contribution >= 4 is 11.7 Å². The van der Waals surface area contributed by atoms with Gasteiger partial charge in [-0.3, -0.25) is 14.6 Å². The fraction of sp³-hybridized carbons (Fsp3) is 0.200. The van der Waals surface area contributed by atoms with Gasteiger partial charge in [0, 0.05) is 11.1 Å². The number of para-hydroxylation sites is 1. The summed E-state index contributed by atoms with van der Waals surface area (Å²) in [4.78, 5) is 27.3. The Labute approximate surface area is 186 Å². The zero-order valence-corrected chi connectivity index (χ0v) is 18.4. The highest BCUT2D eigenvalue weighted by molar-refractivity contribution is 6.09. The van der Waals surface area contributed by atoms with E-state index in [-0.39, 0.29) is 11.1 Å². The van der Waals surface area contributed by atoms with Crippen LogP contribution in [0.5, 0.6) is 11.5 Å². The number of amides is 1. The lowest BCUT2D eigenvalue weighted by atomic mass is 9.82. The predicted molar refractivity (Wildman–Crippen MR) is 119 cm³/mol. The van der Waals surface area contributed by atoms with E-state index in [0.29, 0.717) is 22.6 Å². The molecule has 32 heavy (non-hydrogen) atoms. The number of carbonyl (C=O) groups excluding carboxylic acids is 2. The van der Waals surface area contributed by atoms with Gasteiger partial charge in [0.2, 0.25) is 0 Å². The smallest absolute Gasteiger partial charge is 0.269 e. The first kappa shape index (κ1) is 23.0. The number of methoxy groups -OCH3 is 2. The number of hydrazine groups is 1. The number of Topliss-reactive ketones (excluding diaryl/α,β-unsaturated/α-hetero) is 1. The normalized spacial score (nSPS) is 12.6. The Bertz CT molecular complexity index is 1150. The highest BCUT2D eigenvalue weighted by Crippen LogP contribution is 2.35. The average Bonchev–Trinajstić information content (AvgIpc) is 2.82. The van der Waals surface area contributed by atoms with E-state index in [0.717, 1.165) is 5.01 Å². The molecular formula is C25H25FN2O4. The molecule has 0 aliphatic carbocycles. The Balaban J connectivity index is 2.18. The summed E-state index contributed by atoms with van der Waals surface area (Å²) in [7, 11) is 2.96. The van der Waals surface area contributed by atoms with Crippen molar-refractivity contribution in [3.05, 3.63) is 94.8 Å². The van der Waals surface area contributed by atoms with Crippen LogP contribution in [0.4, 0.5) is 4.39 Å². The van der Waals surface area contributed by atoms with Gasteiger partial charge in [0.25, 0.3) is 5.91 Å². The monoisotopic (exact) mass is 436 g/mol. The molecule has 3 rings (SSSR count). The van der Waals surface area contributed by atoms with Gasteiger partial charge in [-0.1, -0.05) is 30.3 Å². The third-order valence-electron chi connectivity index (χ3n) is 5.64. The van der Waals surface area contributed by atoms with Crippen molar-refractivity contribution in [3.8, 4) is 11.5 Å². The van der Waals surface area contributed by atoms with Crippen LogP contribution >= 0.6 is 0 Å². The molecule has 166 valence electrons. The summed E-state index contributed by atoms with van der Waals surface area (Å²) in [5.41, 5.74) is -0.192. The van der Waals surface area contributed by atoms with Crippen LogP contribution in [-0.2, 0) is 5.54 Å². The summed E-state index contributed by atoms with van der Waals surface area (Å²) in [6, 6.07) is 17.0. The Morgan fingerprint density at radius 3 is 2.06 bits per heavy atom. The molecule has 1 unspecified atom stereocenters. The number of halogens is 1. The predicted octanol–water partition coefficient (Wildman–Crippen LogP) is 4.27. The molecule has 0 saturated carbocycles. The van der Waals surface area contributed by atoms with Crippen LogP contribution in [0, 0.1) is 12.7 Å². The van der Waals surface area contributed by atoms with Crippen molar-refractivity contribution in [2.75, 3.05) is 14.2 Å². The van der Waals surface area contributed by atoms with E-state index in [9.17, 15) is 14.0 Å². The first-order valence-electron chi connectivity index (χ1n) is 9.92. The maximum absolute atomic E-state index is 13.8. The number of hydrogen-bond donors (Lipinski definition) is 1. The number of ether oxygens (including phenoxy) is 2. The molecule has 0 radical (unpaired) electrons. The van der Waals surface area contributed by atoms with E-state index in [1.54, 1.807) is 49.4 Å². The molecule has 0 aliphatic rings. The molecule has 1 amide bonds. The van der Waals surface area contributed by atoms with Crippen LogP contribution in [0.15, 0.2) is 66.7 Å². The van der Waals surface area contributed by atoms with Gasteiger partial charge in [-0.15, -0.1) is 0 Å². The number of nitrogens with zero attached hydrogens (tertiary/aromatic N) is 1. The van der Waals surface area contributed by atoms with Gasteiger partial charge < -0.3 is 9.47 Å². The topological polar surface area (TPSA) is 81.9 Å². The molecule has 0 bridgehead atoms. The van der Waals surface area contributed by atoms with E-state index < -0.39 is 23.0 Å². The molecule has 0 heterocycles. The minimum absolute atomic E-state index is 0.243. The molecule has 7 heteroatoms. The summed E-state index contributed by atoms with van der Waals surface area (Å²) in [6.07, 6.45) is 0. The van der Waals surface area contributed by atoms with E-state index in [1.807, 2.05) is 0 Å². The minimum Gasteiger partial charge on any atom is -0.496 e. The molecule has 2 N–H and O–H groups in total. The van der Waals surface area contributed by atoms with Gasteiger partial charge in [-0.25, -0.2) is 10.2 Å². The second-order valence-corrected chi connectivity index (χ2v) is 7.42. The van der Waals surface area contributed by atoms with Crippen LogP contribution in [0.25, 0.3) is 0 Å². The number of hydrogen-bond acceptors (Lipinski definition) is 5. The number of benzene rings is 3. The summed E-state index contributed by atoms with van der Waals surface area (Å²) >= 11 is 0. The van der Waals surface area contributed by atoms with Crippen molar-refractivity contribution < 1.29 is 23.5 Å². The third-order valence-corrected chi connectivity index (χ3v) is 5.64. The maximum Gasteiger partial charge on any atom is 0.269 e. The van der Waals surface area contributed by atoms with Gasteiger partial charge in [0.1, 0.15) is 22.9 Å². The molecule has 6 nitrogen and oxygen atoms in total. The lowest BCUT2D eigenvalue weighted by molar-refractivity contribution is 0.0428. The Morgan fingerprint density at radius 2 is 1.44 bits per heavy atom. The lowest BCUT2D eigenvalue weighted by Crippen LogP contribution is -2.56. The Hall–Kier alpha value is -3.71. The van der Waals surface area contributed by atoms with Gasteiger partial charge in [-0.2, -0.15) is 0 Å². The highest BCUT2D eigenvalue weighted by atomic mass is 19.1. The van der Waals surface area contributed by atoms with E-state index in [4.69, 9.17) is 15.3 Å². The van der Waals surface area contributed by atoms with Crippen LogP contribution in [0.3, 0.4) is 0 Å². The first-order chi connectivity index (χ1) is 15.2. The van der Waals surface area contributed by atoms with E-state index >= 15 is 0 Å². The fourth-order valence-electron chi connectivity index (χ4n) is 3.65. The zero-order valence-electron chi connectivity index (χ0n) is 18.4. The van der Waals surface area contributed by atoms with Crippen molar-refractivity contribution in [3.63, 3.8) is 0 Å². The van der Waals surface area contributed by atoms with Crippen LogP contribution < -0.4 is 15.3 Å². The fourth-order valence-corrected chi connectivity index (χ4v) is 3.65. The summed E-state index contributed by atoms with van der Waals surface area (Å²) in [5, 5.41) is 0.886. The summed E-state index contributed by atoms with van der Waals surface area (Å²) in [5.74, 6) is 5.70. The van der Waals surface area contributed by atoms with Gasteiger partial charge in [0.15, 0.2) is 5.78 Å². The SMILES string of the molecule is COc1ccccc1C(=O)C(C)(c1ccc(F)cc1)N(N)C(=O)c1cccc(OC)c1C.